The van der Waals surface area contributed by atoms with E-state index in [1.54, 1.807) is 6.21 Å². The summed E-state index contributed by atoms with van der Waals surface area (Å²) < 4.78 is 0. The number of aromatic nitrogens is 3. The lowest BCUT2D eigenvalue weighted by atomic mass is 10.0. The Morgan fingerprint density at radius 3 is 2.77 bits per heavy atom. The fourth-order valence-corrected chi connectivity index (χ4v) is 1.75. The second-order valence-electron chi connectivity index (χ2n) is 4.64. The second-order valence-corrected chi connectivity index (χ2v) is 4.64. The van der Waals surface area contributed by atoms with Crippen LogP contribution in [-0.2, 0) is 11.2 Å². The van der Waals surface area contributed by atoms with E-state index in [1.165, 1.54) is 0 Å². The molecular weight excluding hydrogens is 286 g/mol. The van der Waals surface area contributed by atoms with Crippen LogP contribution in [0.1, 0.15) is 24.1 Å². The van der Waals surface area contributed by atoms with Crippen LogP contribution in [0.25, 0.3) is 0 Å². The van der Waals surface area contributed by atoms with Crippen LogP contribution in [0.5, 0.6) is 0 Å². The van der Waals surface area contributed by atoms with E-state index in [9.17, 15) is 14.4 Å². The first kappa shape index (κ1) is 15.4. The van der Waals surface area contributed by atoms with Crippen molar-refractivity contribution in [2.75, 3.05) is 0 Å². The summed E-state index contributed by atoms with van der Waals surface area (Å²) in [5.74, 6) is -0.460. The minimum atomic E-state index is -0.719. The van der Waals surface area contributed by atoms with Crippen LogP contribution in [0.15, 0.2) is 45.0 Å². The normalized spacial score (nSPS) is 12.2. The summed E-state index contributed by atoms with van der Waals surface area (Å²) in [5, 5.41) is 9.43. The van der Waals surface area contributed by atoms with Gasteiger partial charge in [-0.3, -0.25) is 14.6 Å². The Balaban J connectivity index is 1.91. The van der Waals surface area contributed by atoms with Gasteiger partial charge in [-0.15, -0.1) is 0 Å². The van der Waals surface area contributed by atoms with Gasteiger partial charge in [-0.2, -0.15) is 10.2 Å². The standard InChI is InChI=1S/C14H15N5O3/c1-9(10-5-3-2-4-6-10)8-15-18-12(20)7-11-13(21)16-14(22)19-17-11/h2-6,8-9H,7H2,1H3,(H,18,20)(H2,16,19,21,22)/t9-/m0/s1. The van der Waals surface area contributed by atoms with Gasteiger partial charge in [0.1, 0.15) is 5.69 Å². The quantitative estimate of drug-likeness (QED) is 0.528. The molecule has 2 aromatic rings. The smallest absolute Gasteiger partial charge is 0.273 e. The number of carbonyl (C=O) groups is 1. The number of hydrazone groups is 1. The van der Waals surface area contributed by atoms with E-state index >= 15 is 0 Å². The van der Waals surface area contributed by atoms with E-state index in [1.807, 2.05) is 42.2 Å². The number of rotatable bonds is 5. The minimum absolute atomic E-state index is 0.0381. The Hall–Kier alpha value is -3.03. The summed E-state index contributed by atoms with van der Waals surface area (Å²) >= 11 is 0. The van der Waals surface area contributed by atoms with Crippen LogP contribution in [0.4, 0.5) is 0 Å². The van der Waals surface area contributed by atoms with Gasteiger partial charge in [0, 0.05) is 12.1 Å². The Morgan fingerprint density at radius 1 is 1.36 bits per heavy atom. The summed E-state index contributed by atoms with van der Waals surface area (Å²) in [6.07, 6.45) is 1.32. The highest BCUT2D eigenvalue weighted by Crippen LogP contribution is 2.11. The van der Waals surface area contributed by atoms with Crippen LogP contribution in [0.2, 0.25) is 0 Å². The van der Waals surface area contributed by atoms with Crippen LogP contribution >= 0.6 is 0 Å². The highest BCUT2D eigenvalue weighted by Gasteiger charge is 2.08. The number of aromatic amines is 2. The molecule has 0 bridgehead atoms. The van der Waals surface area contributed by atoms with Gasteiger partial charge in [0.15, 0.2) is 0 Å². The molecule has 1 amide bonds. The number of H-pyrrole nitrogens is 2. The van der Waals surface area contributed by atoms with Gasteiger partial charge in [0.25, 0.3) is 5.56 Å². The first-order chi connectivity index (χ1) is 10.6. The highest BCUT2D eigenvalue weighted by atomic mass is 16.2. The molecule has 8 nitrogen and oxygen atoms in total. The lowest BCUT2D eigenvalue weighted by molar-refractivity contribution is -0.120. The predicted molar refractivity (Wildman–Crippen MR) is 80.7 cm³/mol. The molecule has 0 saturated carbocycles. The third-order valence-corrected chi connectivity index (χ3v) is 2.92. The zero-order valence-electron chi connectivity index (χ0n) is 11.9. The largest absolute Gasteiger partial charge is 0.342 e. The number of nitrogens with one attached hydrogen (secondary N) is 3. The van der Waals surface area contributed by atoms with Gasteiger partial charge in [0.2, 0.25) is 5.91 Å². The average molecular weight is 301 g/mol. The Morgan fingerprint density at radius 2 is 2.09 bits per heavy atom. The van der Waals surface area contributed by atoms with Crippen molar-refractivity contribution in [2.45, 2.75) is 19.3 Å². The van der Waals surface area contributed by atoms with E-state index in [0.29, 0.717) is 0 Å². The summed E-state index contributed by atoms with van der Waals surface area (Å²) in [7, 11) is 0. The third kappa shape index (κ3) is 4.23. The maximum absolute atomic E-state index is 11.7. The molecule has 0 unspecified atom stereocenters. The molecule has 1 atom stereocenters. The van der Waals surface area contributed by atoms with E-state index in [2.05, 4.69) is 20.7 Å². The van der Waals surface area contributed by atoms with Crippen molar-refractivity contribution in [1.82, 2.24) is 20.6 Å². The number of benzene rings is 1. The van der Waals surface area contributed by atoms with Gasteiger partial charge in [0.05, 0.1) is 6.42 Å². The van der Waals surface area contributed by atoms with E-state index in [4.69, 9.17) is 0 Å². The topological polar surface area (TPSA) is 120 Å². The summed E-state index contributed by atoms with van der Waals surface area (Å²) in [6.45, 7) is 1.94. The molecule has 114 valence electrons. The van der Waals surface area contributed by atoms with Gasteiger partial charge in [-0.25, -0.2) is 15.3 Å². The molecule has 1 aromatic heterocycles. The first-order valence-corrected chi connectivity index (χ1v) is 6.61. The molecule has 0 aliphatic carbocycles. The van der Waals surface area contributed by atoms with Crippen LogP contribution in [-0.4, -0.2) is 27.3 Å². The fraction of sp³-hybridized carbons (Fsp3) is 0.214. The van der Waals surface area contributed by atoms with Crippen molar-refractivity contribution in [3.63, 3.8) is 0 Å². The fourth-order valence-electron chi connectivity index (χ4n) is 1.75. The maximum atomic E-state index is 11.7. The molecule has 8 heteroatoms. The summed E-state index contributed by atoms with van der Waals surface area (Å²) in [6, 6.07) is 9.69. The summed E-state index contributed by atoms with van der Waals surface area (Å²) in [4.78, 5) is 35.8. The number of hydrogen-bond donors (Lipinski definition) is 3. The Bertz CT molecular complexity index is 779. The zero-order chi connectivity index (χ0) is 15.9. The Labute approximate surface area is 125 Å². The molecule has 0 saturated heterocycles. The van der Waals surface area contributed by atoms with Crippen LogP contribution in [0, 0.1) is 0 Å². The van der Waals surface area contributed by atoms with E-state index < -0.39 is 17.2 Å². The van der Waals surface area contributed by atoms with Gasteiger partial charge in [-0.1, -0.05) is 37.3 Å². The summed E-state index contributed by atoms with van der Waals surface area (Å²) in [5.41, 5.74) is 1.90. The molecule has 1 aromatic carbocycles. The van der Waals surface area contributed by atoms with Crippen molar-refractivity contribution >= 4 is 12.1 Å². The van der Waals surface area contributed by atoms with Crippen molar-refractivity contribution in [3.05, 3.63) is 62.4 Å². The van der Waals surface area contributed by atoms with Crippen LogP contribution < -0.4 is 16.7 Å². The van der Waals surface area contributed by atoms with Gasteiger partial charge < -0.3 is 0 Å². The first-order valence-electron chi connectivity index (χ1n) is 6.61. The molecule has 0 radical (unpaired) electrons. The molecular formula is C14H15N5O3. The van der Waals surface area contributed by atoms with Crippen molar-refractivity contribution in [1.29, 1.82) is 0 Å². The van der Waals surface area contributed by atoms with Crippen LogP contribution in [0.3, 0.4) is 0 Å². The molecule has 0 spiro atoms. The van der Waals surface area contributed by atoms with Crippen molar-refractivity contribution < 1.29 is 4.79 Å². The highest BCUT2D eigenvalue weighted by molar-refractivity contribution is 5.79. The van der Waals surface area contributed by atoms with Gasteiger partial charge in [-0.05, 0) is 5.56 Å². The van der Waals surface area contributed by atoms with Gasteiger partial charge >= 0.3 is 5.69 Å². The lowest BCUT2D eigenvalue weighted by Crippen LogP contribution is -2.31. The second kappa shape index (κ2) is 7.11. The SMILES string of the molecule is C[C@@H](C=NNC(=O)Cc1n[nH]c(=O)[nH]c1=O)c1ccccc1. The molecule has 0 aliphatic heterocycles. The zero-order valence-corrected chi connectivity index (χ0v) is 11.9. The molecule has 0 fully saturated rings. The Kier molecular flexibility index (Phi) is 4.97. The molecule has 2 rings (SSSR count). The molecule has 22 heavy (non-hydrogen) atoms. The maximum Gasteiger partial charge on any atom is 0.342 e. The lowest BCUT2D eigenvalue weighted by Gasteiger charge is -2.05. The third-order valence-electron chi connectivity index (χ3n) is 2.92. The molecule has 1 heterocycles. The van der Waals surface area contributed by atoms with Crippen molar-refractivity contribution in [3.8, 4) is 0 Å². The van der Waals surface area contributed by atoms with E-state index in [0.717, 1.165) is 5.56 Å². The number of nitrogens with zero attached hydrogens (tertiary/aromatic N) is 2. The monoisotopic (exact) mass is 301 g/mol. The average Bonchev–Trinajstić information content (AvgIpc) is 2.51. The van der Waals surface area contributed by atoms with E-state index in [-0.39, 0.29) is 18.0 Å². The minimum Gasteiger partial charge on any atom is -0.273 e. The molecule has 0 aliphatic rings. The number of hydrogen-bond acceptors (Lipinski definition) is 5. The molecule has 3 N–H and O–H groups in total. The van der Waals surface area contributed by atoms with Crippen molar-refractivity contribution in [2.24, 2.45) is 5.10 Å². The number of carbonyl (C=O) groups excluding carboxylic acids is 1. The predicted octanol–water partition coefficient (Wildman–Crippen LogP) is -0.0936. The number of amides is 1.